The van der Waals surface area contributed by atoms with Gasteiger partial charge >= 0.3 is 5.97 Å². The highest BCUT2D eigenvalue weighted by Crippen LogP contribution is 2.28. The number of nitriles is 1. The minimum absolute atomic E-state index is 0.0144. The zero-order chi connectivity index (χ0) is 21.4. The number of ether oxygens (including phenoxy) is 1. The van der Waals surface area contributed by atoms with Gasteiger partial charge in [0, 0.05) is 11.4 Å². The third kappa shape index (κ3) is 5.73. The molecule has 0 bridgehead atoms. The molecule has 0 heterocycles. The molecule has 152 valence electrons. The summed E-state index contributed by atoms with van der Waals surface area (Å²) >= 11 is 12.0. The van der Waals surface area contributed by atoms with E-state index in [1.807, 2.05) is 6.07 Å². The molecule has 29 heavy (non-hydrogen) atoms. The molecule has 6 nitrogen and oxygen atoms in total. The molecule has 0 saturated heterocycles. The van der Waals surface area contributed by atoms with Crippen molar-refractivity contribution >= 4 is 44.9 Å². The van der Waals surface area contributed by atoms with Crippen LogP contribution >= 0.6 is 23.2 Å². The van der Waals surface area contributed by atoms with Crippen LogP contribution in [0.15, 0.2) is 60.0 Å². The topological polar surface area (TPSA) is 87.5 Å². The van der Waals surface area contributed by atoms with E-state index in [-0.39, 0.29) is 35.1 Å². The lowest BCUT2D eigenvalue weighted by Gasteiger charge is -2.23. The number of carbonyl (C=O) groups excluding carboxylic acids is 1. The van der Waals surface area contributed by atoms with Gasteiger partial charge in [0.25, 0.3) is 10.0 Å². The second kappa shape index (κ2) is 10.3. The van der Waals surface area contributed by atoms with Crippen molar-refractivity contribution in [3.8, 4) is 6.07 Å². The van der Waals surface area contributed by atoms with Crippen LogP contribution in [0.4, 0.5) is 5.69 Å². The van der Waals surface area contributed by atoms with E-state index in [1.165, 1.54) is 24.3 Å². The van der Waals surface area contributed by atoms with Crippen LogP contribution < -0.4 is 4.31 Å². The first-order valence-corrected chi connectivity index (χ1v) is 10.7. The maximum Gasteiger partial charge on any atom is 0.339 e. The fourth-order valence-electron chi connectivity index (χ4n) is 2.41. The van der Waals surface area contributed by atoms with E-state index < -0.39 is 16.0 Å². The van der Waals surface area contributed by atoms with Crippen molar-refractivity contribution < 1.29 is 17.9 Å². The van der Waals surface area contributed by atoms with Crippen LogP contribution in [0, 0.1) is 11.3 Å². The van der Waals surface area contributed by atoms with E-state index in [1.54, 1.807) is 24.3 Å². The molecule has 0 fully saturated rings. The van der Waals surface area contributed by atoms with E-state index in [4.69, 9.17) is 33.2 Å². The van der Waals surface area contributed by atoms with Crippen LogP contribution in [-0.4, -0.2) is 27.5 Å². The highest BCUT2D eigenvalue weighted by molar-refractivity contribution is 7.92. The van der Waals surface area contributed by atoms with Gasteiger partial charge in [0.2, 0.25) is 0 Å². The van der Waals surface area contributed by atoms with Crippen LogP contribution in [0.5, 0.6) is 0 Å². The maximum absolute atomic E-state index is 13.2. The number of hydrogen-bond acceptors (Lipinski definition) is 5. The molecular formula is C20H18Cl2N2O4S. The molecule has 2 rings (SSSR count). The zero-order valence-corrected chi connectivity index (χ0v) is 17.7. The van der Waals surface area contributed by atoms with Gasteiger partial charge in [-0.15, -0.1) is 6.58 Å². The highest BCUT2D eigenvalue weighted by Gasteiger charge is 2.26. The quantitative estimate of drug-likeness (QED) is 0.308. The average molecular weight is 453 g/mol. The fourth-order valence-corrected chi connectivity index (χ4v) is 4.19. The molecule has 0 radical (unpaired) electrons. The van der Waals surface area contributed by atoms with Crippen LogP contribution in [0.2, 0.25) is 10.0 Å². The molecule has 0 aliphatic heterocycles. The molecule has 0 N–H and O–H groups in total. The largest absolute Gasteiger partial charge is 0.462 e. The molecule has 0 aliphatic rings. The van der Waals surface area contributed by atoms with E-state index in [2.05, 4.69) is 6.58 Å². The first-order chi connectivity index (χ1) is 13.8. The van der Waals surface area contributed by atoms with Gasteiger partial charge in [0.05, 0.1) is 40.4 Å². The van der Waals surface area contributed by atoms with Crippen molar-refractivity contribution in [3.05, 3.63) is 70.7 Å². The third-order valence-corrected chi connectivity index (χ3v) is 6.19. The Kier molecular flexibility index (Phi) is 8.09. The number of nitrogens with zero attached hydrogens (tertiary/aromatic N) is 2. The van der Waals surface area contributed by atoms with E-state index in [0.717, 1.165) is 4.31 Å². The highest BCUT2D eigenvalue weighted by atomic mass is 35.5. The number of unbranched alkanes of at least 4 members (excludes halogenated alkanes) is 1. The molecule has 2 aromatic rings. The summed E-state index contributed by atoms with van der Waals surface area (Å²) in [4.78, 5) is 12.2. The Balaban J connectivity index is 2.38. The zero-order valence-electron chi connectivity index (χ0n) is 15.3. The number of sulfonamides is 1. The Bertz CT molecular complexity index is 1030. The lowest BCUT2D eigenvalue weighted by atomic mass is 10.2. The molecule has 0 saturated carbocycles. The monoisotopic (exact) mass is 452 g/mol. The second-order valence-corrected chi connectivity index (χ2v) is 8.55. The normalized spacial score (nSPS) is 10.8. The summed E-state index contributed by atoms with van der Waals surface area (Å²) in [5, 5.41) is 9.06. The van der Waals surface area contributed by atoms with Crippen molar-refractivity contribution in [1.82, 2.24) is 0 Å². The third-order valence-electron chi connectivity index (χ3n) is 3.82. The number of rotatable bonds is 9. The standard InChI is InChI=1S/C20H18Cl2N2O4S/c1-2-12-24(16-7-5-15(21)6-8-16)29(26,27)17-9-10-19(22)18(14-17)20(25)28-13-4-3-11-23/h2,5-10,14H,1,3-4,12-13H2. The van der Waals surface area contributed by atoms with E-state index in [9.17, 15) is 13.2 Å². The van der Waals surface area contributed by atoms with Gasteiger partial charge in [-0.3, -0.25) is 4.31 Å². The van der Waals surface area contributed by atoms with Gasteiger partial charge in [-0.25, -0.2) is 13.2 Å². The summed E-state index contributed by atoms with van der Waals surface area (Å²) in [7, 11) is -4.02. The number of hydrogen-bond donors (Lipinski definition) is 0. The number of carbonyl (C=O) groups is 1. The Morgan fingerprint density at radius 1 is 1.21 bits per heavy atom. The summed E-state index contributed by atoms with van der Waals surface area (Å²) in [5.41, 5.74) is 0.323. The number of halogens is 2. The average Bonchev–Trinajstić information content (AvgIpc) is 2.70. The summed E-state index contributed by atoms with van der Waals surface area (Å²) in [6.45, 7) is 3.66. The van der Waals surface area contributed by atoms with Gasteiger partial charge in [0.15, 0.2) is 0 Å². The predicted octanol–water partition coefficient (Wildman–Crippen LogP) is 4.84. The minimum atomic E-state index is -4.02. The molecule has 0 spiro atoms. The van der Waals surface area contributed by atoms with E-state index >= 15 is 0 Å². The first kappa shape index (κ1) is 22.8. The Morgan fingerprint density at radius 2 is 1.90 bits per heavy atom. The summed E-state index contributed by atoms with van der Waals surface area (Å²) < 4.78 is 32.6. The number of esters is 1. The van der Waals surface area contributed by atoms with Gasteiger partial charge in [0.1, 0.15) is 0 Å². The van der Waals surface area contributed by atoms with Gasteiger partial charge in [-0.1, -0.05) is 29.3 Å². The molecule has 2 aromatic carbocycles. The number of benzene rings is 2. The molecule has 0 atom stereocenters. The molecule has 0 aromatic heterocycles. The molecule has 0 unspecified atom stereocenters. The van der Waals surface area contributed by atoms with Gasteiger partial charge in [-0.05, 0) is 48.9 Å². The SMILES string of the molecule is C=CCN(c1ccc(Cl)cc1)S(=O)(=O)c1ccc(Cl)c(C(=O)OCCCC#N)c1. The molecular weight excluding hydrogens is 435 g/mol. The maximum atomic E-state index is 13.2. The van der Waals surface area contributed by atoms with E-state index in [0.29, 0.717) is 17.1 Å². The molecule has 9 heteroatoms. The van der Waals surface area contributed by atoms with Crippen LogP contribution in [0.3, 0.4) is 0 Å². The second-order valence-electron chi connectivity index (χ2n) is 5.84. The van der Waals surface area contributed by atoms with Gasteiger partial charge < -0.3 is 4.74 Å². The lowest BCUT2D eigenvalue weighted by Crippen LogP contribution is -2.31. The summed E-state index contributed by atoms with van der Waals surface area (Å²) in [6.07, 6.45) is 2.07. The lowest BCUT2D eigenvalue weighted by molar-refractivity contribution is 0.0501. The predicted molar refractivity (Wildman–Crippen MR) is 113 cm³/mol. The van der Waals surface area contributed by atoms with Crippen molar-refractivity contribution in [2.75, 3.05) is 17.5 Å². The fraction of sp³-hybridized carbons (Fsp3) is 0.200. The minimum Gasteiger partial charge on any atom is -0.462 e. The Labute approximate surface area is 180 Å². The summed E-state index contributed by atoms with van der Waals surface area (Å²) in [5.74, 6) is -0.758. The van der Waals surface area contributed by atoms with Crippen LogP contribution in [-0.2, 0) is 14.8 Å². The van der Waals surface area contributed by atoms with Crippen molar-refractivity contribution in [3.63, 3.8) is 0 Å². The van der Waals surface area contributed by atoms with Crippen LogP contribution in [0.25, 0.3) is 0 Å². The Morgan fingerprint density at radius 3 is 2.52 bits per heavy atom. The smallest absolute Gasteiger partial charge is 0.339 e. The molecule has 0 amide bonds. The van der Waals surface area contributed by atoms with Crippen LogP contribution in [0.1, 0.15) is 23.2 Å². The van der Waals surface area contributed by atoms with Crippen molar-refractivity contribution in [2.24, 2.45) is 0 Å². The first-order valence-electron chi connectivity index (χ1n) is 8.54. The summed E-state index contributed by atoms with van der Waals surface area (Å²) in [6, 6.07) is 12.1. The van der Waals surface area contributed by atoms with Crippen molar-refractivity contribution in [2.45, 2.75) is 17.7 Å². The Hall–Kier alpha value is -2.53. The van der Waals surface area contributed by atoms with Gasteiger partial charge in [-0.2, -0.15) is 5.26 Å². The number of anilines is 1. The van der Waals surface area contributed by atoms with Crippen molar-refractivity contribution in [1.29, 1.82) is 5.26 Å². The molecule has 0 aliphatic carbocycles.